The van der Waals surface area contributed by atoms with Crippen molar-refractivity contribution in [3.63, 3.8) is 0 Å². The van der Waals surface area contributed by atoms with Gasteiger partial charge in [0.2, 0.25) is 5.91 Å². The predicted molar refractivity (Wildman–Crippen MR) is 109 cm³/mol. The van der Waals surface area contributed by atoms with Crippen LogP contribution in [0.3, 0.4) is 0 Å². The predicted octanol–water partition coefficient (Wildman–Crippen LogP) is 2.15. The van der Waals surface area contributed by atoms with Crippen molar-refractivity contribution in [1.82, 2.24) is 10.2 Å². The maximum Gasteiger partial charge on any atom is 0.332 e. The molecule has 0 radical (unpaired) electrons. The van der Waals surface area contributed by atoms with E-state index in [4.69, 9.17) is 0 Å². The molecule has 2 aromatic rings. The minimum absolute atomic E-state index is 0.235. The molecule has 1 aliphatic heterocycles. The molecule has 0 bridgehead atoms. The molecule has 1 atom stereocenters. The molecule has 2 N–H and O–H groups in total. The monoisotopic (exact) mass is 394 g/mol. The van der Waals surface area contributed by atoms with Crippen molar-refractivity contribution in [3.05, 3.63) is 59.7 Å². The summed E-state index contributed by atoms with van der Waals surface area (Å²) in [5.41, 5.74) is 2.57. The number of nitrogens with zero attached hydrogens (tertiary/aromatic N) is 2. The number of nitrogens with one attached hydrogen (secondary N) is 2. The lowest BCUT2D eigenvalue weighted by Crippen LogP contribution is -2.39. The van der Waals surface area contributed by atoms with E-state index in [2.05, 4.69) is 10.6 Å². The lowest BCUT2D eigenvalue weighted by molar-refractivity contribution is -0.130. The van der Waals surface area contributed by atoms with Gasteiger partial charge in [-0.3, -0.25) is 24.2 Å². The first kappa shape index (κ1) is 20.1. The number of aryl methyl sites for hydroxylation is 1. The molecule has 0 saturated carbocycles. The van der Waals surface area contributed by atoms with Crippen LogP contribution in [-0.4, -0.2) is 48.3 Å². The normalized spacial score (nSPS) is 16.2. The van der Waals surface area contributed by atoms with Gasteiger partial charge in [-0.2, -0.15) is 0 Å². The van der Waals surface area contributed by atoms with Crippen molar-refractivity contribution < 1.29 is 19.2 Å². The van der Waals surface area contributed by atoms with Gasteiger partial charge in [-0.15, -0.1) is 0 Å². The average molecular weight is 394 g/mol. The Labute approximate surface area is 168 Å². The van der Waals surface area contributed by atoms with Gasteiger partial charge in [0, 0.05) is 24.0 Å². The van der Waals surface area contributed by atoms with Crippen LogP contribution in [0.2, 0.25) is 0 Å². The summed E-state index contributed by atoms with van der Waals surface area (Å²) < 4.78 is 0. The lowest BCUT2D eigenvalue weighted by atomic mass is 10.2. The fourth-order valence-corrected chi connectivity index (χ4v) is 3.10. The molecular formula is C21H22N4O4. The summed E-state index contributed by atoms with van der Waals surface area (Å²) in [5, 5.41) is 5.15. The van der Waals surface area contributed by atoms with Gasteiger partial charge in [-0.1, -0.05) is 17.7 Å². The first-order valence-electron chi connectivity index (χ1n) is 9.15. The first-order valence-corrected chi connectivity index (χ1v) is 9.15. The van der Waals surface area contributed by atoms with Crippen LogP contribution in [0.5, 0.6) is 0 Å². The Bertz CT molecular complexity index is 954. The lowest BCUT2D eigenvalue weighted by Gasteiger charge is -2.19. The van der Waals surface area contributed by atoms with Crippen molar-refractivity contribution in [3.8, 4) is 0 Å². The molecule has 0 aliphatic carbocycles. The summed E-state index contributed by atoms with van der Waals surface area (Å²) in [7, 11) is 1.53. The van der Waals surface area contributed by atoms with Crippen LogP contribution < -0.4 is 15.5 Å². The molecule has 1 heterocycles. The number of imide groups is 1. The molecule has 8 heteroatoms. The zero-order valence-electron chi connectivity index (χ0n) is 16.4. The Morgan fingerprint density at radius 3 is 2.21 bits per heavy atom. The quantitative estimate of drug-likeness (QED) is 0.759. The van der Waals surface area contributed by atoms with Crippen LogP contribution in [0.1, 0.15) is 22.8 Å². The topological polar surface area (TPSA) is 98.8 Å². The van der Waals surface area contributed by atoms with Gasteiger partial charge in [0.1, 0.15) is 12.6 Å². The third kappa shape index (κ3) is 4.11. The summed E-state index contributed by atoms with van der Waals surface area (Å²) >= 11 is 0. The summed E-state index contributed by atoms with van der Waals surface area (Å²) in [6.07, 6.45) is 0. The van der Waals surface area contributed by atoms with Crippen LogP contribution >= 0.6 is 0 Å². The molecule has 0 spiro atoms. The van der Waals surface area contributed by atoms with E-state index in [-0.39, 0.29) is 12.5 Å². The highest BCUT2D eigenvalue weighted by atomic mass is 16.2. The van der Waals surface area contributed by atoms with Gasteiger partial charge in [0.25, 0.3) is 11.8 Å². The summed E-state index contributed by atoms with van der Waals surface area (Å²) in [6, 6.07) is 12.3. The van der Waals surface area contributed by atoms with E-state index in [1.807, 2.05) is 19.1 Å². The van der Waals surface area contributed by atoms with Crippen LogP contribution in [0.25, 0.3) is 0 Å². The second-order valence-corrected chi connectivity index (χ2v) is 6.79. The standard InChI is InChI=1S/C21H22N4O4/c1-13-4-10-17(11-5-13)25-14(2)20(28)24(21(25)29)12-18(26)23-16-8-6-15(7-9-16)19(27)22-3/h4-11,14H,12H2,1-3H3,(H,22,27)(H,23,26)/t14-/m0/s1. The molecule has 3 rings (SSSR count). The molecule has 1 aliphatic rings. The maximum atomic E-state index is 12.8. The molecule has 5 amide bonds. The molecule has 0 unspecified atom stereocenters. The molecule has 150 valence electrons. The molecular weight excluding hydrogens is 372 g/mol. The van der Waals surface area contributed by atoms with E-state index in [1.54, 1.807) is 43.3 Å². The molecule has 29 heavy (non-hydrogen) atoms. The molecule has 2 aromatic carbocycles. The average Bonchev–Trinajstić information content (AvgIpc) is 2.92. The van der Waals surface area contributed by atoms with Gasteiger partial charge in [0.05, 0.1) is 0 Å². The van der Waals surface area contributed by atoms with Crippen molar-refractivity contribution in [1.29, 1.82) is 0 Å². The highest BCUT2D eigenvalue weighted by Gasteiger charge is 2.44. The van der Waals surface area contributed by atoms with E-state index in [1.165, 1.54) is 11.9 Å². The summed E-state index contributed by atoms with van der Waals surface area (Å²) in [4.78, 5) is 51.6. The van der Waals surface area contributed by atoms with Crippen LogP contribution in [-0.2, 0) is 9.59 Å². The van der Waals surface area contributed by atoms with Crippen LogP contribution in [0.15, 0.2) is 48.5 Å². The molecule has 8 nitrogen and oxygen atoms in total. The SMILES string of the molecule is CNC(=O)c1ccc(NC(=O)CN2C(=O)[C@H](C)N(c3ccc(C)cc3)C2=O)cc1. The fraction of sp³-hybridized carbons (Fsp3) is 0.238. The van der Waals surface area contributed by atoms with Gasteiger partial charge >= 0.3 is 6.03 Å². The number of hydrogen-bond donors (Lipinski definition) is 2. The summed E-state index contributed by atoms with van der Waals surface area (Å²) in [5.74, 6) is -1.17. The Hall–Kier alpha value is -3.68. The molecule has 0 aromatic heterocycles. The van der Waals surface area contributed by atoms with E-state index >= 15 is 0 Å². The zero-order chi connectivity index (χ0) is 21.1. The molecule has 1 fully saturated rings. The maximum absolute atomic E-state index is 12.8. The largest absolute Gasteiger partial charge is 0.355 e. The van der Waals surface area contributed by atoms with E-state index in [9.17, 15) is 19.2 Å². The van der Waals surface area contributed by atoms with Crippen molar-refractivity contribution in [2.75, 3.05) is 23.8 Å². The van der Waals surface area contributed by atoms with Crippen LogP contribution in [0.4, 0.5) is 16.2 Å². The van der Waals surface area contributed by atoms with E-state index in [0.717, 1.165) is 10.5 Å². The van der Waals surface area contributed by atoms with E-state index < -0.39 is 23.9 Å². The minimum Gasteiger partial charge on any atom is -0.355 e. The number of carbonyl (C=O) groups excluding carboxylic acids is 4. The number of amides is 5. The Morgan fingerprint density at radius 2 is 1.62 bits per heavy atom. The number of hydrogen-bond acceptors (Lipinski definition) is 4. The zero-order valence-corrected chi connectivity index (χ0v) is 16.4. The third-order valence-corrected chi connectivity index (χ3v) is 4.72. The number of urea groups is 1. The summed E-state index contributed by atoms with van der Waals surface area (Å²) in [6.45, 7) is 3.18. The minimum atomic E-state index is -0.690. The Balaban J connectivity index is 1.68. The van der Waals surface area contributed by atoms with Crippen molar-refractivity contribution >= 4 is 35.1 Å². The fourth-order valence-electron chi connectivity index (χ4n) is 3.10. The van der Waals surface area contributed by atoms with Crippen LogP contribution in [0, 0.1) is 6.92 Å². The first-order chi connectivity index (χ1) is 13.8. The number of benzene rings is 2. The highest BCUT2D eigenvalue weighted by molar-refractivity contribution is 6.16. The Kier molecular flexibility index (Phi) is 5.63. The Morgan fingerprint density at radius 1 is 1.00 bits per heavy atom. The van der Waals surface area contributed by atoms with Gasteiger partial charge < -0.3 is 10.6 Å². The van der Waals surface area contributed by atoms with E-state index in [0.29, 0.717) is 16.9 Å². The smallest absolute Gasteiger partial charge is 0.332 e. The van der Waals surface area contributed by atoms with Gasteiger partial charge in [-0.05, 0) is 50.2 Å². The molecule has 1 saturated heterocycles. The third-order valence-electron chi connectivity index (χ3n) is 4.72. The van der Waals surface area contributed by atoms with Gasteiger partial charge in [0.15, 0.2) is 0 Å². The van der Waals surface area contributed by atoms with Crippen molar-refractivity contribution in [2.24, 2.45) is 0 Å². The highest BCUT2D eigenvalue weighted by Crippen LogP contribution is 2.26. The number of anilines is 2. The number of rotatable bonds is 5. The second kappa shape index (κ2) is 8.14. The van der Waals surface area contributed by atoms with Gasteiger partial charge in [-0.25, -0.2) is 4.79 Å². The van der Waals surface area contributed by atoms with Crippen molar-refractivity contribution in [2.45, 2.75) is 19.9 Å². The second-order valence-electron chi connectivity index (χ2n) is 6.79. The number of carbonyl (C=O) groups is 4.